The maximum absolute atomic E-state index is 3.59. The number of rotatable bonds is 8. The SMILES string of the molecule is CCC(CNC(C)C)N1CCC(N(CC)CC)C1. The van der Waals surface area contributed by atoms with Gasteiger partial charge in [0.25, 0.3) is 0 Å². The molecule has 3 heteroatoms. The molecule has 0 bridgehead atoms. The molecule has 1 fully saturated rings. The lowest BCUT2D eigenvalue weighted by Gasteiger charge is -2.30. The number of nitrogens with zero attached hydrogens (tertiary/aromatic N) is 2. The fourth-order valence-corrected chi connectivity index (χ4v) is 3.04. The lowest BCUT2D eigenvalue weighted by Crippen LogP contribution is -2.44. The zero-order chi connectivity index (χ0) is 13.5. The van der Waals surface area contributed by atoms with Gasteiger partial charge in [0, 0.05) is 37.8 Å². The zero-order valence-corrected chi connectivity index (χ0v) is 13.1. The summed E-state index contributed by atoms with van der Waals surface area (Å²) in [6.45, 7) is 17.4. The average molecular weight is 255 g/mol. The Morgan fingerprint density at radius 2 is 1.89 bits per heavy atom. The van der Waals surface area contributed by atoms with Crippen LogP contribution in [0, 0.1) is 0 Å². The molecule has 108 valence electrons. The van der Waals surface area contributed by atoms with Crippen LogP contribution < -0.4 is 5.32 Å². The molecule has 0 aliphatic carbocycles. The molecule has 2 atom stereocenters. The molecule has 3 nitrogen and oxygen atoms in total. The van der Waals surface area contributed by atoms with Crippen molar-refractivity contribution < 1.29 is 0 Å². The molecule has 0 saturated carbocycles. The quantitative estimate of drug-likeness (QED) is 0.717. The van der Waals surface area contributed by atoms with Crippen LogP contribution in [0.1, 0.15) is 47.5 Å². The van der Waals surface area contributed by atoms with Crippen molar-refractivity contribution in [2.24, 2.45) is 0 Å². The van der Waals surface area contributed by atoms with Crippen LogP contribution in [0.4, 0.5) is 0 Å². The molecule has 1 rings (SSSR count). The highest BCUT2D eigenvalue weighted by molar-refractivity contribution is 4.87. The highest BCUT2D eigenvalue weighted by Gasteiger charge is 2.29. The minimum atomic E-state index is 0.597. The Labute approximate surface area is 114 Å². The molecule has 1 aliphatic heterocycles. The van der Waals surface area contributed by atoms with E-state index < -0.39 is 0 Å². The molecule has 0 radical (unpaired) electrons. The Hall–Kier alpha value is -0.120. The molecule has 0 aromatic heterocycles. The minimum absolute atomic E-state index is 0.597. The van der Waals surface area contributed by atoms with E-state index in [4.69, 9.17) is 0 Å². The maximum Gasteiger partial charge on any atom is 0.0235 e. The van der Waals surface area contributed by atoms with Crippen molar-refractivity contribution >= 4 is 0 Å². The van der Waals surface area contributed by atoms with Crippen LogP contribution in [0.2, 0.25) is 0 Å². The second-order valence-electron chi connectivity index (χ2n) is 5.78. The fraction of sp³-hybridized carbons (Fsp3) is 1.00. The first-order valence-corrected chi connectivity index (χ1v) is 7.83. The van der Waals surface area contributed by atoms with Crippen LogP contribution in [0.25, 0.3) is 0 Å². The number of likely N-dealkylation sites (N-methyl/N-ethyl adjacent to an activating group) is 1. The van der Waals surface area contributed by atoms with E-state index in [-0.39, 0.29) is 0 Å². The standard InChI is InChI=1S/C15H33N3/c1-6-14(11-16-13(4)5)18-10-9-15(12-18)17(7-2)8-3/h13-16H,6-12H2,1-5H3. The first kappa shape index (κ1) is 15.9. The molecule has 1 N–H and O–H groups in total. The Balaban J connectivity index is 2.42. The van der Waals surface area contributed by atoms with Gasteiger partial charge in [0.15, 0.2) is 0 Å². The molecule has 0 aromatic carbocycles. The van der Waals surface area contributed by atoms with Crippen LogP contribution in [0.5, 0.6) is 0 Å². The van der Waals surface area contributed by atoms with Crippen LogP contribution >= 0.6 is 0 Å². The Morgan fingerprint density at radius 3 is 2.39 bits per heavy atom. The first-order chi connectivity index (χ1) is 8.62. The van der Waals surface area contributed by atoms with Gasteiger partial charge in [-0.05, 0) is 25.9 Å². The van der Waals surface area contributed by atoms with Crippen molar-refractivity contribution in [3.63, 3.8) is 0 Å². The Kier molecular flexibility index (Phi) is 7.20. The molecule has 1 aliphatic rings. The van der Waals surface area contributed by atoms with E-state index >= 15 is 0 Å². The van der Waals surface area contributed by atoms with E-state index in [1.54, 1.807) is 0 Å². The Morgan fingerprint density at radius 1 is 1.22 bits per heavy atom. The molecule has 0 amide bonds. The second kappa shape index (κ2) is 8.13. The van der Waals surface area contributed by atoms with E-state index in [1.165, 1.54) is 39.0 Å². The lowest BCUT2D eigenvalue weighted by molar-refractivity contribution is 0.181. The van der Waals surface area contributed by atoms with Crippen LogP contribution in [-0.2, 0) is 0 Å². The van der Waals surface area contributed by atoms with Gasteiger partial charge in [-0.2, -0.15) is 0 Å². The van der Waals surface area contributed by atoms with Crippen LogP contribution in [0.3, 0.4) is 0 Å². The third-order valence-electron chi connectivity index (χ3n) is 4.27. The average Bonchev–Trinajstić information content (AvgIpc) is 2.81. The van der Waals surface area contributed by atoms with Crippen molar-refractivity contribution in [1.82, 2.24) is 15.1 Å². The molecule has 2 unspecified atom stereocenters. The summed E-state index contributed by atoms with van der Waals surface area (Å²) in [5.41, 5.74) is 0. The van der Waals surface area contributed by atoms with E-state index in [9.17, 15) is 0 Å². The molecule has 18 heavy (non-hydrogen) atoms. The number of nitrogens with one attached hydrogen (secondary N) is 1. The van der Waals surface area contributed by atoms with Gasteiger partial charge in [0.05, 0.1) is 0 Å². The zero-order valence-electron chi connectivity index (χ0n) is 13.1. The summed E-state index contributed by atoms with van der Waals surface area (Å²) in [5, 5.41) is 3.59. The number of hydrogen-bond acceptors (Lipinski definition) is 3. The van der Waals surface area contributed by atoms with Gasteiger partial charge in [-0.1, -0.05) is 34.6 Å². The highest BCUT2D eigenvalue weighted by Crippen LogP contribution is 2.19. The van der Waals surface area contributed by atoms with Crippen molar-refractivity contribution in [2.45, 2.75) is 65.6 Å². The largest absolute Gasteiger partial charge is 0.313 e. The minimum Gasteiger partial charge on any atom is -0.313 e. The van der Waals surface area contributed by atoms with Crippen molar-refractivity contribution in [3.05, 3.63) is 0 Å². The monoisotopic (exact) mass is 255 g/mol. The normalized spacial score (nSPS) is 23.2. The second-order valence-corrected chi connectivity index (χ2v) is 5.78. The van der Waals surface area contributed by atoms with Gasteiger partial charge in [0.2, 0.25) is 0 Å². The van der Waals surface area contributed by atoms with Gasteiger partial charge in [-0.25, -0.2) is 0 Å². The molecule has 0 spiro atoms. The predicted octanol–water partition coefficient (Wildman–Crippen LogP) is 2.18. The maximum atomic E-state index is 3.59. The topological polar surface area (TPSA) is 18.5 Å². The molecular weight excluding hydrogens is 222 g/mol. The summed E-state index contributed by atoms with van der Waals surface area (Å²) in [4.78, 5) is 5.31. The van der Waals surface area contributed by atoms with Crippen molar-refractivity contribution in [3.8, 4) is 0 Å². The summed E-state index contributed by atoms with van der Waals surface area (Å²) in [5.74, 6) is 0. The van der Waals surface area contributed by atoms with Crippen molar-refractivity contribution in [2.75, 3.05) is 32.7 Å². The molecule has 1 saturated heterocycles. The van der Waals surface area contributed by atoms with Gasteiger partial charge >= 0.3 is 0 Å². The van der Waals surface area contributed by atoms with Gasteiger partial charge < -0.3 is 5.32 Å². The molecule has 0 aromatic rings. The summed E-state index contributed by atoms with van der Waals surface area (Å²) in [7, 11) is 0. The fourth-order valence-electron chi connectivity index (χ4n) is 3.04. The van der Waals surface area contributed by atoms with Crippen LogP contribution in [0.15, 0.2) is 0 Å². The highest BCUT2D eigenvalue weighted by atomic mass is 15.3. The smallest absolute Gasteiger partial charge is 0.0235 e. The van der Waals surface area contributed by atoms with E-state index in [1.807, 2.05) is 0 Å². The van der Waals surface area contributed by atoms with Crippen LogP contribution in [-0.4, -0.2) is 60.6 Å². The number of likely N-dealkylation sites (tertiary alicyclic amines) is 1. The molecule has 1 heterocycles. The summed E-state index contributed by atoms with van der Waals surface area (Å²) in [6.07, 6.45) is 2.60. The van der Waals surface area contributed by atoms with Gasteiger partial charge in [-0.15, -0.1) is 0 Å². The van der Waals surface area contributed by atoms with Gasteiger partial charge in [0.1, 0.15) is 0 Å². The van der Waals surface area contributed by atoms with Crippen molar-refractivity contribution in [1.29, 1.82) is 0 Å². The summed E-state index contributed by atoms with van der Waals surface area (Å²) >= 11 is 0. The Bertz CT molecular complexity index is 214. The molecular formula is C15H33N3. The summed E-state index contributed by atoms with van der Waals surface area (Å²) < 4.78 is 0. The predicted molar refractivity (Wildman–Crippen MR) is 80.1 cm³/mol. The third-order valence-corrected chi connectivity index (χ3v) is 4.27. The lowest BCUT2D eigenvalue weighted by atomic mass is 10.2. The summed E-state index contributed by atoms with van der Waals surface area (Å²) in [6, 6.07) is 2.10. The van der Waals surface area contributed by atoms with Gasteiger partial charge in [-0.3, -0.25) is 9.80 Å². The van der Waals surface area contributed by atoms with E-state index in [0.717, 1.165) is 12.6 Å². The van der Waals surface area contributed by atoms with E-state index in [0.29, 0.717) is 12.1 Å². The first-order valence-electron chi connectivity index (χ1n) is 7.83. The number of hydrogen-bond donors (Lipinski definition) is 1. The third kappa shape index (κ3) is 4.52. The van der Waals surface area contributed by atoms with E-state index in [2.05, 4.69) is 49.7 Å².